The zero-order valence-electron chi connectivity index (χ0n) is 11.3. The highest BCUT2D eigenvalue weighted by atomic mass is 35.5. The van der Waals surface area contributed by atoms with Gasteiger partial charge in [-0.3, -0.25) is 0 Å². The fourth-order valence-electron chi connectivity index (χ4n) is 1.76. The molecule has 0 unspecified atom stereocenters. The normalized spacial score (nSPS) is 10.3. The molecule has 0 aliphatic carbocycles. The van der Waals surface area contributed by atoms with E-state index in [9.17, 15) is 0 Å². The van der Waals surface area contributed by atoms with Crippen LogP contribution in [0, 0.1) is 0 Å². The number of ether oxygens (including phenoxy) is 1. The molecule has 0 fully saturated rings. The third kappa shape index (κ3) is 4.32. The van der Waals surface area contributed by atoms with E-state index in [0.717, 1.165) is 30.0 Å². The van der Waals surface area contributed by atoms with Crippen LogP contribution in [0.2, 0.25) is 10.0 Å². The number of hydrogen-bond donors (Lipinski definition) is 1. The van der Waals surface area contributed by atoms with E-state index in [0.29, 0.717) is 16.6 Å². The first-order valence-corrected chi connectivity index (χ1v) is 7.35. The molecule has 2 nitrogen and oxygen atoms in total. The molecule has 0 aliphatic rings. The molecule has 20 heavy (non-hydrogen) atoms. The molecular formula is C16H17Cl2NO. The number of rotatable bonds is 6. The number of nitrogens with one attached hydrogen (secondary N) is 1. The van der Waals surface area contributed by atoms with Gasteiger partial charge in [-0.05, 0) is 54.4 Å². The monoisotopic (exact) mass is 309 g/mol. The molecule has 106 valence electrons. The zero-order chi connectivity index (χ0) is 14.4. The van der Waals surface area contributed by atoms with Crippen LogP contribution in [0.25, 0.3) is 0 Å². The van der Waals surface area contributed by atoms with E-state index in [2.05, 4.69) is 12.2 Å². The van der Waals surface area contributed by atoms with Gasteiger partial charge in [0.25, 0.3) is 0 Å². The maximum absolute atomic E-state index is 6.13. The van der Waals surface area contributed by atoms with Crippen LogP contribution in [0.5, 0.6) is 5.75 Å². The summed E-state index contributed by atoms with van der Waals surface area (Å²) in [5, 5.41) is 4.72. The highest BCUT2D eigenvalue weighted by molar-refractivity contribution is 6.33. The lowest BCUT2D eigenvalue weighted by Crippen LogP contribution is -2.00. The summed E-state index contributed by atoms with van der Waals surface area (Å²) in [7, 11) is 0. The van der Waals surface area contributed by atoms with E-state index in [4.69, 9.17) is 27.9 Å². The first-order chi connectivity index (χ1) is 9.69. The van der Waals surface area contributed by atoms with Gasteiger partial charge in [-0.15, -0.1) is 0 Å². The number of anilines is 1. The molecule has 0 saturated carbocycles. The smallest absolute Gasteiger partial charge is 0.119 e. The molecule has 0 radical (unpaired) electrons. The minimum atomic E-state index is 0.633. The van der Waals surface area contributed by atoms with Crippen LogP contribution < -0.4 is 10.1 Å². The van der Waals surface area contributed by atoms with Gasteiger partial charge in [0.05, 0.1) is 6.61 Å². The summed E-state index contributed by atoms with van der Waals surface area (Å²) >= 11 is 12.1. The third-order valence-electron chi connectivity index (χ3n) is 2.82. The van der Waals surface area contributed by atoms with Crippen molar-refractivity contribution in [1.82, 2.24) is 0 Å². The van der Waals surface area contributed by atoms with Crippen molar-refractivity contribution in [3.8, 4) is 5.75 Å². The summed E-state index contributed by atoms with van der Waals surface area (Å²) in [5.41, 5.74) is 2.00. The Kier molecular flexibility index (Phi) is 5.57. The van der Waals surface area contributed by atoms with Gasteiger partial charge in [0.15, 0.2) is 0 Å². The van der Waals surface area contributed by atoms with Gasteiger partial charge in [-0.2, -0.15) is 0 Å². The molecule has 4 heteroatoms. The average Bonchev–Trinajstić information content (AvgIpc) is 2.47. The molecule has 0 amide bonds. The lowest BCUT2D eigenvalue weighted by molar-refractivity contribution is 0.317. The van der Waals surface area contributed by atoms with Crippen molar-refractivity contribution in [3.05, 3.63) is 58.1 Å². The topological polar surface area (TPSA) is 21.3 Å². The Bertz CT molecular complexity index is 555. The summed E-state index contributed by atoms with van der Waals surface area (Å²) in [6, 6.07) is 13.4. The summed E-state index contributed by atoms with van der Waals surface area (Å²) < 4.78 is 5.54. The molecule has 0 spiro atoms. The van der Waals surface area contributed by atoms with Crippen molar-refractivity contribution in [3.63, 3.8) is 0 Å². The Morgan fingerprint density at radius 1 is 1.05 bits per heavy atom. The van der Waals surface area contributed by atoms with E-state index < -0.39 is 0 Å². The zero-order valence-corrected chi connectivity index (χ0v) is 12.8. The maximum Gasteiger partial charge on any atom is 0.119 e. The van der Waals surface area contributed by atoms with Crippen molar-refractivity contribution >= 4 is 28.9 Å². The van der Waals surface area contributed by atoms with Gasteiger partial charge >= 0.3 is 0 Å². The van der Waals surface area contributed by atoms with Crippen molar-refractivity contribution in [2.45, 2.75) is 19.9 Å². The van der Waals surface area contributed by atoms with Gasteiger partial charge in [-0.25, -0.2) is 0 Å². The predicted octanol–water partition coefficient (Wildman–Crippen LogP) is 5.39. The van der Waals surface area contributed by atoms with Gasteiger partial charge in [0.1, 0.15) is 5.75 Å². The van der Waals surface area contributed by atoms with E-state index in [-0.39, 0.29) is 0 Å². The van der Waals surface area contributed by atoms with Crippen molar-refractivity contribution in [1.29, 1.82) is 0 Å². The highest BCUT2D eigenvalue weighted by Gasteiger charge is 2.02. The number of hydrogen-bond acceptors (Lipinski definition) is 2. The standard InChI is InChI=1S/C16H17Cl2NO/c1-2-9-20-15-6-4-14(5-7-15)19-11-12-10-13(17)3-8-16(12)18/h3-8,10,19H,2,9,11H2,1H3. The van der Waals surface area contributed by atoms with E-state index in [1.807, 2.05) is 36.4 Å². The molecule has 0 bridgehead atoms. The lowest BCUT2D eigenvalue weighted by Gasteiger charge is -2.10. The van der Waals surface area contributed by atoms with Crippen molar-refractivity contribution < 1.29 is 4.74 Å². The summed E-state index contributed by atoms with van der Waals surface area (Å²) in [4.78, 5) is 0. The Labute approximate surface area is 129 Å². The molecule has 0 heterocycles. The molecule has 0 atom stereocenters. The Morgan fingerprint density at radius 2 is 1.80 bits per heavy atom. The molecule has 0 aromatic heterocycles. The molecule has 0 saturated heterocycles. The van der Waals surface area contributed by atoms with Crippen LogP contribution in [-0.2, 0) is 6.54 Å². The maximum atomic E-state index is 6.13. The second-order valence-corrected chi connectivity index (χ2v) is 5.31. The van der Waals surface area contributed by atoms with E-state index in [1.54, 1.807) is 6.07 Å². The number of halogens is 2. The van der Waals surface area contributed by atoms with Gasteiger partial charge in [0, 0.05) is 22.3 Å². The molecule has 1 N–H and O–H groups in total. The van der Waals surface area contributed by atoms with Crippen LogP contribution >= 0.6 is 23.2 Å². The number of benzene rings is 2. The summed E-state index contributed by atoms with van der Waals surface area (Å²) in [5.74, 6) is 0.887. The van der Waals surface area contributed by atoms with Crippen LogP contribution in [0.4, 0.5) is 5.69 Å². The van der Waals surface area contributed by atoms with Gasteiger partial charge in [-0.1, -0.05) is 30.1 Å². The molecular weight excluding hydrogens is 293 g/mol. The SMILES string of the molecule is CCCOc1ccc(NCc2cc(Cl)ccc2Cl)cc1. The second-order valence-electron chi connectivity index (χ2n) is 4.46. The van der Waals surface area contributed by atoms with Crippen LogP contribution in [-0.4, -0.2) is 6.61 Å². The fraction of sp³-hybridized carbons (Fsp3) is 0.250. The Hall–Kier alpha value is -1.38. The first kappa shape index (κ1) is 15.0. The largest absolute Gasteiger partial charge is 0.494 e. The third-order valence-corrected chi connectivity index (χ3v) is 3.42. The molecule has 2 aromatic carbocycles. The van der Waals surface area contributed by atoms with Gasteiger partial charge in [0.2, 0.25) is 0 Å². The summed E-state index contributed by atoms with van der Waals surface area (Å²) in [6.07, 6.45) is 1.01. The van der Waals surface area contributed by atoms with Crippen molar-refractivity contribution in [2.75, 3.05) is 11.9 Å². The van der Waals surface area contributed by atoms with E-state index >= 15 is 0 Å². The first-order valence-electron chi connectivity index (χ1n) is 6.59. The summed E-state index contributed by atoms with van der Waals surface area (Å²) in [6.45, 7) is 3.46. The van der Waals surface area contributed by atoms with Crippen LogP contribution in [0.1, 0.15) is 18.9 Å². The lowest BCUT2D eigenvalue weighted by atomic mass is 10.2. The fourth-order valence-corrected chi connectivity index (χ4v) is 2.14. The minimum Gasteiger partial charge on any atom is -0.494 e. The highest BCUT2D eigenvalue weighted by Crippen LogP contribution is 2.22. The van der Waals surface area contributed by atoms with Crippen LogP contribution in [0.15, 0.2) is 42.5 Å². The average molecular weight is 310 g/mol. The molecule has 0 aliphatic heterocycles. The molecule has 2 aromatic rings. The molecule has 2 rings (SSSR count). The predicted molar refractivity (Wildman–Crippen MR) is 86.0 cm³/mol. The Balaban J connectivity index is 1.95. The van der Waals surface area contributed by atoms with E-state index in [1.165, 1.54) is 0 Å². The van der Waals surface area contributed by atoms with Crippen LogP contribution in [0.3, 0.4) is 0 Å². The minimum absolute atomic E-state index is 0.633. The second kappa shape index (κ2) is 7.41. The van der Waals surface area contributed by atoms with Crippen molar-refractivity contribution in [2.24, 2.45) is 0 Å². The van der Waals surface area contributed by atoms with Gasteiger partial charge < -0.3 is 10.1 Å². The quantitative estimate of drug-likeness (QED) is 0.772. The Morgan fingerprint density at radius 3 is 2.50 bits per heavy atom.